The van der Waals surface area contributed by atoms with Crippen molar-refractivity contribution in [3.05, 3.63) is 57.7 Å². The molecule has 3 aromatic rings. The summed E-state index contributed by atoms with van der Waals surface area (Å²) < 4.78 is 0. The van der Waals surface area contributed by atoms with Crippen LogP contribution in [0.3, 0.4) is 0 Å². The number of hydrogen-bond acceptors (Lipinski definition) is 8. The number of nitrogens with one attached hydrogen (secondary N) is 2. The fraction of sp³-hybridized carbons (Fsp3) is 0.531. The number of carboxylic acid groups (broad SMARTS) is 1. The summed E-state index contributed by atoms with van der Waals surface area (Å²) in [6, 6.07) is 7.97. The van der Waals surface area contributed by atoms with Gasteiger partial charge >= 0.3 is 12.0 Å². The van der Waals surface area contributed by atoms with Crippen molar-refractivity contribution in [3.8, 4) is 11.3 Å². The Morgan fingerprint density at radius 2 is 1.67 bits per heavy atom. The second-order valence-electron chi connectivity index (χ2n) is 12.5. The van der Waals surface area contributed by atoms with Crippen molar-refractivity contribution >= 4 is 29.2 Å². The fourth-order valence-corrected chi connectivity index (χ4v) is 7.51. The average Bonchev–Trinajstić information content (AvgIpc) is 3.78. The lowest BCUT2D eigenvalue weighted by Gasteiger charge is -2.40. The number of nitrogens with zero attached hydrogens (tertiary/aromatic N) is 6. The smallest absolute Gasteiger partial charge is 0.320 e. The van der Waals surface area contributed by atoms with Gasteiger partial charge in [-0.05, 0) is 50.4 Å². The molecule has 0 radical (unpaired) electrons. The van der Waals surface area contributed by atoms with Crippen LogP contribution in [0.15, 0.2) is 35.8 Å². The first-order valence-corrected chi connectivity index (χ1v) is 16.7. The standard InChI is InChI=1S/C32H42N8O4S/c1-37-9-13-39(14-10-37)31(44)40-15-11-38(12-16-40)8-4-7-26-25(20-34-36-26)27-22-45-28(35-27)21-33-30(43)32(19-29(41)42)17-23-5-2-3-6-24(23)18-32/h2-3,5-6,20,22H,4,7-19,21H2,1H3,(H,33,43)(H,34,36)(H,41,42). The number of aliphatic carboxylic acids is 1. The lowest BCUT2D eigenvalue weighted by Crippen LogP contribution is -2.56. The van der Waals surface area contributed by atoms with Gasteiger partial charge in [-0.15, -0.1) is 11.3 Å². The molecule has 240 valence electrons. The molecule has 3 amide bonds. The van der Waals surface area contributed by atoms with Crippen LogP contribution in [0.1, 0.15) is 34.7 Å². The molecule has 1 aromatic carbocycles. The third-order valence-corrected chi connectivity index (χ3v) is 10.3. The summed E-state index contributed by atoms with van der Waals surface area (Å²) in [4.78, 5) is 51.4. The summed E-state index contributed by atoms with van der Waals surface area (Å²) in [5.74, 6) is -1.22. The van der Waals surface area contributed by atoms with E-state index in [4.69, 9.17) is 4.98 Å². The van der Waals surface area contributed by atoms with E-state index in [1.54, 1.807) is 6.20 Å². The van der Waals surface area contributed by atoms with Crippen LogP contribution in [0.4, 0.5) is 4.79 Å². The Balaban J connectivity index is 0.972. The van der Waals surface area contributed by atoms with Gasteiger partial charge in [0.1, 0.15) is 5.01 Å². The van der Waals surface area contributed by atoms with Crippen molar-refractivity contribution in [1.29, 1.82) is 0 Å². The molecule has 13 heteroatoms. The van der Waals surface area contributed by atoms with E-state index in [0.29, 0.717) is 12.8 Å². The number of amides is 3. The third kappa shape index (κ3) is 7.21. The largest absolute Gasteiger partial charge is 0.481 e. The molecule has 1 aliphatic carbocycles. The number of aromatic amines is 1. The Labute approximate surface area is 267 Å². The summed E-state index contributed by atoms with van der Waals surface area (Å²) in [5, 5.41) is 22.7. The molecular formula is C32H42N8O4S. The molecular weight excluding hydrogens is 592 g/mol. The molecule has 0 spiro atoms. The number of carboxylic acids is 1. The molecule has 0 atom stereocenters. The minimum Gasteiger partial charge on any atom is -0.481 e. The molecule has 0 bridgehead atoms. The molecule has 0 unspecified atom stereocenters. The van der Waals surface area contributed by atoms with Crippen LogP contribution in [0.2, 0.25) is 0 Å². The number of benzene rings is 1. The van der Waals surface area contributed by atoms with Crippen molar-refractivity contribution in [2.24, 2.45) is 5.41 Å². The Morgan fingerprint density at radius 3 is 2.33 bits per heavy atom. The maximum Gasteiger partial charge on any atom is 0.320 e. The number of H-pyrrole nitrogens is 1. The number of carbonyl (C=O) groups excluding carboxylic acids is 2. The SMILES string of the molecule is CN1CCN(C(=O)N2CCN(CCCc3[nH]ncc3-c3csc(CNC(=O)C4(CC(=O)O)Cc5ccccc5C4)n3)CC2)CC1. The van der Waals surface area contributed by atoms with Gasteiger partial charge < -0.3 is 25.1 Å². The van der Waals surface area contributed by atoms with Gasteiger partial charge in [0.2, 0.25) is 5.91 Å². The number of fused-ring (bicyclic) bond motifs is 1. The monoisotopic (exact) mass is 634 g/mol. The van der Waals surface area contributed by atoms with Crippen LogP contribution in [-0.2, 0) is 35.4 Å². The van der Waals surface area contributed by atoms with Gasteiger partial charge in [0.15, 0.2) is 0 Å². The molecule has 6 rings (SSSR count). The predicted octanol–water partition coefficient (Wildman–Crippen LogP) is 2.33. The van der Waals surface area contributed by atoms with Crippen LogP contribution in [-0.4, -0.2) is 124 Å². The zero-order chi connectivity index (χ0) is 31.4. The molecule has 0 saturated carbocycles. The number of thiazole rings is 1. The van der Waals surface area contributed by atoms with Gasteiger partial charge in [-0.25, -0.2) is 9.78 Å². The van der Waals surface area contributed by atoms with Crippen molar-refractivity contribution in [2.75, 3.05) is 66.0 Å². The van der Waals surface area contributed by atoms with Crippen molar-refractivity contribution < 1.29 is 19.5 Å². The van der Waals surface area contributed by atoms with Crippen molar-refractivity contribution in [1.82, 2.24) is 40.1 Å². The van der Waals surface area contributed by atoms with Gasteiger partial charge in [-0.3, -0.25) is 19.6 Å². The van der Waals surface area contributed by atoms with E-state index < -0.39 is 11.4 Å². The lowest BCUT2D eigenvalue weighted by molar-refractivity contribution is -0.145. The molecule has 2 aromatic heterocycles. The number of hydrogen-bond donors (Lipinski definition) is 3. The molecule has 3 aliphatic rings. The van der Waals surface area contributed by atoms with E-state index in [1.165, 1.54) is 11.3 Å². The second kappa shape index (κ2) is 13.7. The summed E-state index contributed by atoms with van der Waals surface area (Å²) in [6.45, 7) is 7.98. The van der Waals surface area contributed by atoms with Gasteiger partial charge in [-0.2, -0.15) is 5.10 Å². The highest BCUT2D eigenvalue weighted by molar-refractivity contribution is 7.09. The predicted molar refractivity (Wildman–Crippen MR) is 171 cm³/mol. The molecule has 2 saturated heterocycles. The Morgan fingerprint density at radius 1 is 1.00 bits per heavy atom. The molecule has 3 N–H and O–H groups in total. The Hall–Kier alpha value is -3.81. The van der Waals surface area contributed by atoms with E-state index in [-0.39, 0.29) is 24.9 Å². The number of aryl methyl sites for hydroxylation is 1. The first kappa shape index (κ1) is 31.2. The Bertz CT molecular complexity index is 1480. The van der Waals surface area contributed by atoms with Crippen molar-refractivity contribution in [3.63, 3.8) is 0 Å². The van der Waals surface area contributed by atoms with Crippen LogP contribution in [0, 0.1) is 5.41 Å². The van der Waals surface area contributed by atoms with Gasteiger partial charge in [0.05, 0.1) is 30.3 Å². The first-order chi connectivity index (χ1) is 21.8. The average molecular weight is 635 g/mol. The zero-order valence-electron chi connectivity index (χ0n) is 25.8. The van der Waals surface area contributed by atoms with Crippen LogP contribution in [0.5, 0.6) is 0 Å². The van der Waals surface area contributed by atoms with E-state index in [0.717, 1.165) is 105 Å². The number of aromatic nitrogens is 3. The summed E-state index contributed by atoms with van der Waals surface area (Å²) in [6.07, 6.45) is 4.23. The highest BCUT2D eigenvalue weighted by Gasteiger charge is 2.45. The Kier molecular flexibility index (Phi) is 9.47. The quantitative estimate of drug-likeness (QED) is 0.309. The van der Waals surface area contributed by atoms with E-state index in [1.807, 2.05) is 39.4 Å². The molecule has 12 nitrogen and oxygen atoms in total. The minimum absolute atomic E-state index is 0.177. The normalized spacial score (nSPS) is 18.6. The van der Waals surface area contributed by atoms with Gasteiger partial charge in [0.25, 0.3) is 0 Å². The number of rotatable bonds is 10. The number of likely N-dealkylation sites (N-methyl/N-ethyl adjacent to an activating group) is 1. The van der Waals surface area contributed by atoms with Gasteiger partial charge in [-0.1, -0.05) is 24.3 Å². The number of carbonyl (C=O) groups is 3. The van der Waals surface area contributed by atoms with E-state index >= 15 is 0 Å². The third-order valence-electron chi connectivity index (χ3n) is 9.41. The maximum absolute atomic E-state index is 13.4. The molecule has 2 fully saturated rings. The lowest BCUT2D eigenvalue weighted by atomic mass is 9.80. The highest BCUT2D eigenvalue weighted by Crippen LogP contribution is 2.40. The molecule has 2 aliphatic heterocycles. The number of piperazine rings is 2. The molecule has 45 heavy (non-hydrogen) atoms. The van der Waals surface area contributed by atoms with Crippen molar-refractivity contribution in [2.45, 2.75) is 38.6 Å². The van der Waals surface area contributed by atoms with E-state index in [2.05, 4.69) is 32.4 Å². The molecule has 4 heterocycles. The van der Waals surface area contributed by atoms with Crippen LogP contribution >= 0.6 is 11.3 Å². The fourth-order valence-electron chi connectivity index (χ4n) is 6.77. The highest BCUT2D eigenvalue weighted by atomic mass is 32.1. The van der Waals surface area contributed by atoms with E-state index in [9.17, 15) is 19.5 Å². The first-order valence-electron chi connectivity index (χ1n) is 15.8. The maximum atomic E-state index is 13.4. The summed E-state index contributed by atoms with van der Waals surface area (Å²) >= 11 is 1.47. The van der Waals surface area contributed by atoms with Gasteiger partial charge in [0, 0.05) is 69.0 Å². The van der Waals surface area contributed by atoms with Crippen LogP contribution in [0.25, 0.3) is 11.3 Å². The van der Waals surface area contributed by atoms with Crippen LogP contribution < -0.4 is 5.32 Å². The minimum atomic E-state index is -0.986. The summed E-state index contributed by atoms with van der Waals surface area (Å²) in [7, 11) is 2.10. The summed E-state index contributed by atoms with van der Waals surface area (Å²) in [5.41, 5.74) is 3.90. The topological polar surface area (TPSA) is 138 Å². The second-order valence-corrected chi connectivity index (χ2v) is 13.5. The number of urea groups is 1. The zero-order valence-corrected chi connectivity index (χ0v) is 26.7.